The van der Waals surface area contributed by atoms with Gasteiger partial charge in [0.25, 0.3) is 11.8 Å². The van der Waals surface area contributed by atoms with Crippen LogP contribution in [0.5, 0.6) is 0 Å². The molecule has 0 aromatic rings. The van der Waals surface area contributed by atoms with E-state index < -0.39 is 0 Å². The summed E-state index contributed by atoms with van der Waals surface area (Å²) in [6, 6.07) is 0. The Kier molecular flexibility index (Phi) is 2.76. The molecular weight excluding hydrogens is 158 g/mol. The zero-order chi connectivity index (χ0) is 8.97. The van der Waals surface area contributed by atoms with Crippen molar-refractivity contribution in [2.75, 3.05) is 13.3 Å². The molecule has 1 heterocycles. The maximum Gasteiger partial charge on any atom is 0.255 e. The van der Waals surface area contributed by atoms with Crippen LogP contribution in [0.3, 0.4) is 0 Å². The van der Waals surface area contributed by atoms with Crippen molar-refractivity contribution in [3.05, 3.63) is 24.8 Å². The van der Waals surface area contributed by atoms with Gasteiger partial charge < -0.3 is 4.74 Å². The van der Waals surface area contributed by atoms with Gasteiger partial charge in [-0.25, -0.2) is 0 Å². The van der Waals surface area contributed by atoms with Crippen LogP contribution in [0.25, 0.3) is 0 Å². The lowest BCUT2D eigenvalue weighted by atomic mass is 10.6. The first-order valence-corrected chi connectivity index (χ1v) is 3.48. The maximum atomic E-state index is 10.9. The highest BCUT2D eigenvalue weighted by Crippen LogP contribution is 2.02. The molecule has 0 spiro atoms. The monoisotopic (exact) mass is 167 g/mol. The van der Waals surface area contributed by atoms with Gasteiger partial charge in [-0.15, -0.1) is 6.58 Å². The first-order valence-electron chi connectivity index (χ1n) is 3.48. The van der Waals surface area contributed by atoms with E-state index in [1.807, 2.05) is 0 Å². The number of hydrogen-bond donors (Lipinski definition) is 0. The number of amides is 2. The minimum atomic E-state index is -0.330. The van der Waals surface area contributed by atoms with E-state index >= 15 is 0 Å². The summed E-state index contributed by atoms with van der Waals surface area (Å²) in [4.78, 5) is 22.8. The number of rotatable bonds is 4. The molecule has 2 amide bonds. The van der Waals surface area contributed by atoms with Crippen LogP contribution in [0.1, 0.15) is 0 Å². The van der Waals surface area contributed by atoms with Gasteiger partial charge in [0.05, 0.1) is 6.61 Å². The Morgan fingerprint density at radius 1 is 1.42 bits per heavy atom. The van der Waals surface area contributed by atoms with Crippen LogP contribution in [0, 0.1) is 0 Å². The minimum absolute atomic E-state index is 0.00329. The second kappa shape index (κ2) is 3.82. The van der Waals surface area contributed by atoms with Crippen molar-refractivity contribution >= 4 is 11.8 Å². The highest BCUT2D eigenvalue weighted by atomic mass is 16.5. The predicted octanol–water partition coefficient (Wildman–Crippen LogP) is 0.0715. The molecule has 12 heavy (non-hydrogen) atoms. The molecule has 0 saturated carbocycles. The lowest BCUT2D eigenvalue weighted by molar-refractivity contribution is -0.142. The van der Waals surface area contributed by atoms with Crippen LogP contribution in [-0.2, 0) is 14.3 Å². The summed E-state index contributed by atoms with van der Waals surface area (Å²) < 4.78 is 4.93. The zero-order valence-electron chi connectivity index (χ0n) is 6.53. The molecule has 0 fully saturated rings. The molecule has 0 bridgehead atoms. The molecule has 0 unspecified atom stereocenters. The number of hydrogen-bond acceptors (Lipinski definition) is 3. The van der Waals surface area contributed by atoms with Crippen LogP contribution in [0.2, 0.25) is 0 Å². The third-order valence-electron chi connectivity index (χ3n) is 1.36. The van der Waals surface area contributed by atoms with Crippen molar-refractivity contribution in [1.29, 1.82) is 0 Å². The van der Waals surface area contributed by atoms with Crippen molar-refractivity contribution in [1.82, 2.24) is 4.90 Å². The third-order valence-corrected chi connectivity index (χ3v) is 1.36. The van der Waals surface area contributed by atoms with E-state index in [-0.39, 0.29) is 18.5 Å². The average Bonchev–Trinajstić information content (AvgIpc) is 2.35. The standard InChI is InChI=1S/C8H9NO3/c1-2-5-12-6-9-7(10)3-4-8(9)11/h2-4H,1,5-6H2. The first-order chi connectivity index (χ1) is 5.75. The molecule has 4 nitrogen and oxygen atoms in total. The lowest BCUT2D eigenvalue weighted by Crippen LogP contribution is -2.32. The summed E-state index contributed by atoms with van der Waals surface area (Å²) in [5.41, 5.74) is 0. The first kappa shape index (κ1) is 8.67. The fraction of sp³-hybridized carbons (Fsp3) is 0.250. The van der Waals surface area contributed by atoms with Crippen LogP contribution >= 0.6 is 0 Å². The summed E-state index contributed by atoms with van der Waals surface area (Å²) in [5.74, 6) is -0.659. The lowest BCUT2D eigenvalue weighted by Gasteiger charge is -2.12. The number of carbonyl (C=O) groups excluding carboxylic acids is 2. The topological polar surface area (TPSA) is 46.6 Å². The van der Waals surface area contributed by atoms with Gasteiger partial charge in [0.1, 0.15) is 6.73 Å². The fourth-order valence-electron chi connectivity index (χ4n) is 0.786. The van der Waals surface area contributed by atoms with Crippen molar-refractivity contribution < 1.29 is 14.3 Å². The number of imide groups is 1. The molecular formula is C8H9NO3. The van der Waals surface area contributed by atoms with Gasteiger partial charge in [-0.2, -0.15) is 0 Å². The molecule has 0 aromatic heterocycles. The zero-order valence-corrected chi connectivity index (χ0v) is 6.53. The number of ether oxygens (including phenoxy) is 1. The normalized spacial score (nSPS) is 15.8. The van der Waals surface area contributed by atoms with E-state index in [9.17, 15) is 9.59 Å². The minimum Gasteiger partial charge on any atom is -0.356 e. The van der Waals surface area contributed by atoms with E-state index in [0.717, 1.165) is 4.90 Å². The van der Waals surface area contributed by atoms with Gasteiger partial charge in [-0.1, -0.05) is 6.08 Å². The summed E-state index contributed by atoms with van der Waals surface area (Å²) in [5, 5.41) is 0. The Morgan fingerprint density at radius 3 is 2.50 bits per heavy atom. The van der Waals surface area contributed by atoms with E-state index in [1.165, 1.54) is 12.2 Å². The fourth-order valence-corrected chi connectivity index (χ4v) is 0.786. The molecule has 0 aliphatic carbocycles. The van der Waals surface area contributed by atoms with Crippen molar-refractivity contribution in [3.8, 4) is 0 Å². The summed E-state index contributed by atoms with van der Waals surface area (Å²) in [6.07, 6.45) is 4.00. The number of nitrogens with zero attached hydrogens (tertiary/aromatic N) is 1. The predicted molar refractivity (Wildman–Crippen MR) is 42.0 cm³/mol. The van der Waals surface area contributed by atoms with E-state index in [4.69, 9.17) is 4.74 Å². The van der Waals surface area contributed by atoms with Gasteiger partial charge in [-0.3, -0.25) is 14.5 Å². The Hall–Kier alpha value is -1.42. The molecule has 0 saturated heterocycles. The van der Waals surface area contributed by atoms with Crippen molar-refractivity contribution in [2.24, 2.45) is 0 Å². The second-order valence-electron chi connectivity index (χ2n) is 2.23. The Balaban J connectivity index is 2.37. The summed E-state index contributed by atoms with van der Waals surface area (Å²) in [6.45, 7) is 3.76. The van der Waals surface area contributed by atoms with Crippen molar-refractivity contribution in [3.63, 3.8) is 0 Å². The van der Waals surface area contributed by atoms with Gasteiger partial charge in [-0.05, 0) is 0 Å². The van der Waals surface area contributed by atoms with Crippen LogP contribution in [0.4, 0.5) is 0 Å². The van der Waals surface area contributed by atoms with Crippen LogP contribution in [-0.4, -0.2) is 30.1 Å². The number of carbonyl (C=O) groups is 2. The van der Waals surface area contributed by atoms with E-state index in [0.29, 0.717) is 6.61 Å². The molecule has 0 atom stereocenters. The molecule has 4 heteroatoms. The van der Waals surface area contributed by atoms with Gasteiger partial charge in [0.2, 0.25) is 0 Å². The largest absolute Gasteiger partial charge is 0.356 e. The van der Waals surface area contributed by atoms with Gasteiger partial charge in [0.15, 0.2) is 0 Å². The molecule has 1 aliphatic heterocycles. The Bertz CT molecular complexity index is 227. The second-order valence-corrected chi connectivity index (χ2v) is 2.23. The average molecular weight is 167 g/mol. The Morgan fingerprint density at radius 2 is 2.00 bits per heavy atom. The third kappa shape index (κ3) is 1.79. The SMILES string of the molecule is C=CCOCN1C(=O)C=CC1=O. The molecule has 64 valence electrons. The Labute approximate surface area is 70.1 Å². The summed E-state index contributed by atoms with van der Waals surface area (Å²) >= 11 is 0. The van der Waals surface area contributed by atoms with Crippen molar-refractivity contribution in [2.45, 2.75) is 0 Å². The highest BCUT2D eigenvalue weighted by Gasteiger charge is 2.22. The quantitative estimate of drug-likeness (QED) is 0.338. The smallest absolute Gasteiger partial charge is 0.255 e. The maximum absolute atomic E-state index is 10.9. The van der Waals surface area contributed by atoms with Gasteiger partial charge in [0, 0.05) is 12.2 Å². The summed E-state index contributed by atoms with van der Waals surface area (Å²) in [7, 11) is 0. The molecule has 1 rings (SSSR count). The molecule has 0 aromatic carbocycles. The molecule has 0 radical (unpaired) electrons. The molecule has 0 N–H and O–H groups in total. The van der Waals surface area contributed by atoms with E-state index in [2.05, 4.69) is 6.58 Å². The van der Waals surface area contributed by atoms with E-state index in [1.54, 1.807) is 6.08 Å². The highest BCUT2D eigenvalue weighted by molar-refractivity contribution is 6.12. The molecule has 1 aliphatic rings. The van der Waals surface area contributed by atoms with Crippen LogP contribution in [0.15, 0.2) is 24.8 Å². The van der Waals surface area contributed by atoms with Crippen LogP contribution < -0.4 is 0 Å². The van der Waals surface area contributed by atoms with Gasteiger partial charge >= 0.3 is 0 Å².